The topological polar surface area (TPSA) is 52.6 Å². The van der Waals surface area contributed by atoms with E-state index in [2.05, 4.69) is 6.92 Å². The van der Waals surface area contributed by atoms with Crippen molar-refractivity contribution in [3.63, 3.8) is 0 Å². The van der Waals surface area contributed by atoms with E-state index in [-0.39, 0.29) is 6.42 Å². The van der Waals surface area contributed by atoms with Crippen molar-refractivity contribution < 1.29 is 19.1 Å². The quantitative estimate of drug-likeness (QED) is 0.486. The average molecular weight is 244 g/mol. The molecule has 0 spiro atoms. The number of hydrogen-bond acceptors (Lipinski definition) is 4. The molecule has 0 aliphatic heterocycles. The highest BCUT2D eigenvalue weighted by Gasteiger charge is 2.33. The molecule has 0 aromatic carbocycles. The number of carbonyl (C=O) groups is 2. The molecule has 0 fully saturated rings. The number of ether oxygens (including phenoxy) is 2. The Balaban J connectivity index is 3.90. The van der Waals surface area contributed by atoms with Gasteiger partial charge in [0.15, 0.2) is 0 Å². The fraction of sp³-hybridized carbons (Fsp3) is 0.846. The number of hydrogen-bond donors (Lipinski definition) is 0. The van der Waals surface area contributed by atoms with E-state index >= 15 is 0 Å². The lowest BCUT2D eigenvalue weighted by Crippen LogP contribution is -2.38. The first-order valence-corrected chi connectivity index (χ1v) is 6.33. The molecule has 0 atom stereocenters. The van der Waals surface area contributed by atoms with Crippen molar-refractivity contribution >= 4 is 11.9 Å². The van der Waals surface area contributed by atoms with Gasteiger partial charge in [0.1, 0.15) is 0 Å². The fourth-order valence-electron chi connectivity index (χ4n) is 1.27. The van der Waals surface area contributed by atoms with Crippen molar-refractivity contribution in [1.82, 2.24) is 0 Å². The van der Waals surface area contributed by atoms with Crippen LogP contribution in [-0.4, -0.2) is 24.1 Å². The molecule has 0 aliphatic carbocycles. The van der Waals surface area contributed by atoms with Crippen molar-refractivity contribution in [2.75, 3.05) is 6.61 Å². The van der Waals surface area contributed by atoms with Crippen molar-refractivity contribution in [2.24, 2.45) is 0 Å². The van der Waals surface area contributed by atoms with Gasteiger partial charge < -0.3 is 9.47 Å². The van der Waals surface area contributed by atoms with Gasteiger partial charge in [-0.05, 0) is 20.3 Å². The van der Waals surface area contributed by atoms with Crippen molar-refractivity contribution in [3.8, 4) is 0 Å². The summed E-state index contributed by atoms with van der Waals surface area (Å²) in [6.45, 7) is 7.31. The summed E-state index contributed by atoms with van der Waals surface area (Å²) in [5.41, 5.74) is -1.18. The van der Waals surface area contributed by atoms with E-state index in [4.69, 9.17) is 9.47 Å². The molecule has 0 N–H and O–H groups in total. The van der Waals surface area contributed by atoms with Gasteiger partial charge >= 0.3 is 11.9 Å². The normalized spacial score (nSPS) is 11.1. The number of unbranched alkanes of at least 4 members (excludes halogenated alkanes) is 3. The fourth-order valence-corrected chi connectivity index (χ4v) is 1.27. The highest BCUT2D eigenvalue weighted by Crippen LogP contribution is 2.13. The zero-order valence-electron chi connectivity index (χ0n) is 11.4. The van der Waals surface area contributed by atoms with Crippen LogP contribution in [-0.2, 0) is 19.1 Å². The Morgan fingerprint density at radius 3 is 2.24 bits per heavy atom. The van der Waals surface area contributed by atoms with Crippen LogP contribution in [0.1, 0.15) is 59.8 Å². The second kappa shape index (κ2) is 8.09. The Morgan fingerprint density at radius 1 is 1.06 bits per heavy atom. The second-order valence-corrected chi connectivity index (χ2v) is 4.53. The number of rotatable bonds is 8. The van der Waals surface area contributed by atoms with Gasteiger partial charge in [-0.1, -0.05) is 33.1 Å². The Hall–Kier alpha value is -1.06. The van der Waals surface area contributed by atoms with Gasteiger partial charge in [0.25, 0.3) is 0 Å². The van der Waals surface area contributed by atoms with E-state index in [1.165, 1.54) is 0 Å². The lowest BCUT2D eigenvalue weighted by atomic mass is 10.1. The van der Waals surface area contributed by atoms with E-state index in [1.54, 1.807) is 20.8 Å². The van der Waals surface area contributed by atoms with Crippen LogP contribution < -0.4 is 0 Å². The average Bonchev–Trinajstić information content (AvgIpc) is 2.27. The Labute approximate surface area is 104 Å². The molecule has 0 aliphatic rings. The van der Waals surface area contributed by atoms with Gasteiger partial charge in [-0.15, -0.1) is 0 Å². The van der Waals surface area contributed by atoms with Crippen LogP contribution in [0.25, 0.3) is 0 Å². The predicted molar refractivity (Wildman–Crippen MR) is 65.6 cm³/mol. The summed E-state index contributed by atoms with van der Waals surface area (Å²) in [6, 6.07) is 0. The Morgan fingerprint density at radius 2 is 1.71 bits per heavy atom. The summed E-state index contributed by atoms with van der Waals surface area (Å²) in [6.07, 6.45) is 4.46. The van der Waals surface area contributed by atoms with Crippen LogP contribution in [0.2, 0.25) is 0 Å². The van der Waals surface area contributed by atoms with Crippen LogP contribution in [0.15, 0.2) is 0 Å². The third-order valence-electron chi connectivity index (χ3n) is 2.38. The highest BCUT2D eigenvalue weighted by molar-refractivity contribution is 5.82. The minimum absolute atomic E-state index is 0.257. The first kappa shape index (κ1) is 15.9. The SMILES string of the molecule is CCCCCCOC(=O)C(C)(C)OC(=O)CC. The minimum atomic E-state index is -1.18. The Bertz CT molecular complexity index is 246. The smallest absolute Gasteiger partial charge is 0.350 e. The molecule has 0 bridgehead atoms. The molecule has 0 heterocycles. The van der Waals surface area contributed by atoms with E-state index in [9.17, 15) is 9.59 Å². The predicted octanol–water partition coefficient (Wildman–Crippen LogP) is 2.84. The third kappa shape index (κ3) is 6.97. The third-order valence-corrected chi connectivity index (χ3v) is 2.38. The van der Waals surface area contributed by atoms with Gasteiger partial charge in [0.2, 0.25) is 5.60 Å². The van der Waals surface area contributed by atoms with Crippen molar-refractivity contribution in [3.05, 3.63) is 0 Å². The maximum absolute atomic E-state index is 11.6. The van der Waals surface area contributed by atoms with Crippen LogP contribution in [0.3, 0.4) is 0 Å². The van der Waals surface area contributed by atoms with Gasteiger partial charge in [-0.2, -0.15) is 0 Å². The van der Waals surface area contributed by atoms with Gasteiger partial charge in [0, 0.05) is 6.42 Å². The maximum atomic E-state index is 11.6. The summed E-state index contributed by atoms with van der Waals surface area (Å²) in [5.74, 6) is -0.867. The zero-order valence-corrected chi connectivity index (χ0v) is 11.4. The molecule has 17 heavy (non-hydrogen) atoms. The summed E-state index contributed by atoms with van der Waals surface area (Å²) >= 11 is 0. The lowest BCUT2D eigenvalue weighted by molar-refractivity contribution is -0.178. The first-order valence-electron chi connectivity index (χ1n) is 6.33. The molecule has 0 aromatic rings. The molecule has 0 saturated carbocycles. The molecule has 0 rings (SSSR count). The molecule has 4 heteroatoms. The summed E-state index contributed by atoms with van der Waals surface area (Å²) in [4.78, 5) is 22.8. The highest BCUT2D eigenvalue weighted by atomic mass is 16.6. The minimum Gasteiger partial charge on any atom is -0.463 e. The molecule has 0 amide bonds. The summed E-state index contributed by atoms with van der Waals surface area (Å²) in [7, 11) is 0. The Kier molecular flexibility index (Phi) is 7.59. The van der Waals surface area contributed by atoms with Crippen LogP contribution in [0.4, 0.5) is 0 Å². The molecular formula is C13H24O4. The second-order valence-electron chi connectivity index (χ2n) is 4.53. The first-order chi connectivity index (χ1) is 7.94. The summed E-state index contributed by atoms with van der Waals surface area (Å²) in [5, 5.41) is 0. The molecule has 0 radical (unpaired) electrons. The van der Waals surface area contributed by atoms with Crippen LogP contribution in [0, 0.1) is 0 Å². The maximum Gasteiger partial charge on any atom is 0.350 e. The molecular weight excluding hydrogens is 220 g/mol. The van der Waals surface area contributed by atoms with E-state index < -0.39 is 17.5 Å². The van der Waals surface area contributed by atoms with Gasteiger partial charge in [0.05, 0.1) is 6.61 Å². The molecule has 0 aromatic heterocycles. The van der Waals surface area contributed by atoms with Gasteiger partial charge in [-0.25, -0.2) is 4.79 Å². The van der Waals surface area contributed by atoms with Gasteiger partial charge in [-0.3, -0.25) is 4.79 Å². The van der Waals surface area contributed by atoms with E-state index in [1.807, 2.05) is 0 Å². The molecule has 4 nitrogen and oxygen atoms in total. The monoisotopic (exact) mass is 244 g/mol. The lowest BCUT2D eigenvalue weighted by Gasteiger charge is -2.22. The van der Waals surface area contributed by atoms with Crippen molar-refractivity contribution in [1.29, 1.82) is 0 Å². The molecule has 0 unspecified atom stereocenters. The van der Waals surface area contributed by atoms with Crippen LogP contribution in [0.5, 0.6) is 0 Å². The molecule has 100 valence electrons. The van der Waals surface area contributed by atoms with E-state index in [0.29, 0.717) is 6.61 Å². The standard InChI is InChI=1S/C13H24O4/c1-5-7-8-9-10-16-12(15)13(3,4)17-11(14)6-2/h5-10H2,1-4H3. The number of esters is 2. The zero-order chi connectivity index (χ0) is 13.3. The largest absolute Gasteiger partial charge is 0.463 e. The summed E-state index contributed by atoms with van der Waals surface area (Å²) < 4.78 is 10.1. The number of carbonyl (C=O) groups excluding carboxylic acids is 2. The van der Waals surface area contributed by atoms with Crippen molar-refractivity contribution in [2.45, 2.75) is 65.4 Å². The van der Waals surface area contributed by atoms with E-state index in [0.717, 1.165) is 25.7 Å². The molecule has 0 saturated heterocycles. The van der Waals surface area contributed by atoms with Crippen LogP contribution >= 0.6 is 0 Å².